The van der Waals surface area contributed by atoms with Crippen molar-refractivity contribution < 1.29 is 14.3 Å². The van der Waals surface area contributed by atoms with Crippen LogP contribution in [0.25, 0.3) is 17.0 Å². The predicted molar refractivity (Wildman–Crippen MR) is 112 cm³/mol. The van der Waals surface area contributed by atoms with Gasteiger partial charge in [-0.2, -0.15) is 5.26 Å². The third-order valence-corrected chi connectivity index (χ3v) is 4.78. The zero-order valence-electron chi connectivity index (χ0n) is 16.5. The van der Waals surface area contributed by atoms with Crippen LogP contribution < -0.4 is 5.32 Å². The van der Waals surface area contributed by atoms with Gasteiger partial charge in [0, 0.05) is 28.4 Å². The molecule has 0 aliphatic heterocycles. The third kappa shape index (κ3) is 4.36. The molecule has 29 heavy (non-hydrogen) atoms. The van der Waals surface area contributed by atoms with Crippen molar-refractivity contribution in [3.8, 4) is 6.07 Å². The molecule has 0 fully saturated rings. The van der Waals surface area contributed by atoms with Crippen molar-refractivity contribution in [3.63, 3.8) is 0 Å². The standard InChI is InChI=1S/C23H21N3O3/c1-15-8-9-19(10-16(15)2)25-23(28)17(12-24)11-18-13-26(14-22(27)29-3)21-7-5-4-6-20(18)21/h4-11,13H,14H2,1-3H3,(H,25,28)/b17-11-. The van der Waals surface area contributed by atoms with Crippen LogP contribution in [0, 0.1) is 25.2 Å². The number of aromatic nitrogens is 1. The Bertz CT molecular complexity index is 1170. The summed E-state index contributed by atoms with van der Waals surface area (Å²) in [5.41, 5.74) is 4.28. The largest absolute Gasteiger partial charge is 0.468 e. The van der Waals surface area contributed by atoms with E-state index >= 15 is 0 Å². The molecule has 0 atom stereocenters. The summed E-state index contributed by atoms with van der Waals surface area (Å²) in [6.07, 6.45) is 3.27. The third-order valence-electron chi connectivity index (χ3n) is 4.78. The van der Waals surface area contributed by atoms with Crippen molar-refractivity contribution in [2.75, 3.05) is 12.4 Å². The summed E-state index contributed by atoms with van der Waals surface area (Å²) in [5, 5.41) is 13.1. The van der Waals surface area contributed by atoms with Gasteiger partial charge >= 0.3 is 5.97 Å². The highest BCUT2D eigenvalue weighted by atomic mass is 16.5. The lowest BCUT2D eigenvalue weighted by atomic mass is 10.1. The molecule has 1 heterocycles. The molecule has 0 aliphatic rings. The average Bonchev–Trinajstić information content (AvgIpc) is 3.06. The minimum Gasteiger partial charge on any atom is -0.468 e. The number of hydrogen-bond donors (Lipinski definition) is 1. The maximum Gasteiger partial charge on any atom is 0.325 e. The van der Waals surface area contributed by atoms with Gasteiger partial charge < -0.3 is 14.6 Å². The lowest BCUT2D eigenvalue weighted by molar-refractivity contribution is -0.141. The summed E-state index contributed by atoms with van der Waals surface area (Å²) in [4.78, 5) is 24.3. The molecule has 0 radical (unpaired) electrons. The van der Waals surface area contributed by atoms with Gasteiger partial charge in [0.15, 0.2) is 0 Å². The minimum absolute atomic E-state index is 0.0239. The van der Waals surface area contributed by atoms with E-state index < -0.39 is 5.91 Å². The SMILES string of the molecule is COC(=O)Cn1cc(/C=C(/C#N)C(=O)Nc2ccc(C)c(C)c2)c2ccccc21. The molecule has 6 heteroatoms. The molecular weight excluding hydrogens is 366 g/mol. The number of fused-ring (bicyclic) bond motifs is 1. The van der Waals surface area contributed by atoms with E-state index in [0.29, 0.717) is 11.3 Å². The van der Waals surface area contributed by atoms with Crippen molar-refractivity contribution in [1.82, 2.24) is 4.57 Å². The second kappa shape index (κ2) is 8.44. The molecule has 1 aromatic heterocycles. The van der Waals surface area contributed by atoms with Crippen LogP contribution in [-0.4, -0.2) is 23.6 Å². The molecule has 3 rings (SSSR count). The van der Waals surface area contributed by atoms with Gasteiger partial charge in [-0.25, -0.2) is 0 Å². The highest BCUT2D eigenvalue weighted by Gasteiger charge is 2.14. The van der Waals surface area contributed by atoms with E-state index in [-0.39, 0.29) is 18.1 Å². The number of hydrogen-bond acceptors (Lipinski definition) is 4. The molecule has 146 valence electrons. The van der Waals surface area contributed by atoms with Crippen LogP contribution in [0.5, 0.6) is 0 Å². The predicted octanol–water partition coefficient (Wildman–Crippen LogP) is 3.98. The number of carbonyl (C=O) groups is 2. The van der Waals surface area contributed by atoms with Crippen molar-refractivity contribution in [1.29, 1.82) is 5.26 Å². The number of nitrogens with zero attached hydrogens (tertiary/aromatic N) is 2. The monoisotopic (exact) mass is 387 g/mol. The molecule has 1 N–H and O–H groups in total. The van der Waals surface area contributed by atoms with Gasteiger partial charge in [-0.3, -0.25) is 9.59 Å². The topological polar surface area (TPSA) is 84.1 Å². The number of rotatable bonds is 5. The Kier molecular flexibility index (Phi) is 5.79. The van der Waals surface area contributed by atoms with Crippen molar-refractivity contribution in [2.24, 2.45) is 0 Å². The van der Waals surface area contributed by atoms with Crippen molar-refractivity contribution >= 4 is 34.5 Å². The lowest BCUT2D eigenvalue weighted by Crippen LogP contribution is -2.13. The maximum atomic E-state index is 12.6. The van der Waals surface area contributed by atoms with E-state index in [4.69, 9.17) is 4.74 Å². The second-order valence-electron chi connectivity index (χ2n) is 6.73. The van der Waals surface area contributed by atoms with E-state index in [1.807, 2.05) is 56.3 Å². The molecule has 0 saturated carbocycles. The molecule has 0 unspecified atom stereocenters. The number of nitriles is 1. The number of benzene rings is 2. The fourth-order valence-corrected chi connectivity index (χ4v) is 3.05. The van der Waals surface area contributed by atoms with Gasteiger partial charge in [0.2, 0.25) is 0 Å². The number of nitrogens with one attached hydrogen (secondary N) is 1. The normalized spacial score (nSPS) is 11.2. The Hall–Kier alpha value is -3.85. The lowest BCUT2D eigenvalue weighted by Gasteiger charge is -2.07. The van der Waals surface area contributed by atoms with Crippen molar-refractivity contribution in [3.05, 3.63) is 70.9 Å². The quantitative estimate of drug-likeness (QED) is 0.408. The summed E-state index contributed by atoms with van der Waals surface area (Å²) >= 11 is 0. The van der Waals surface area contributed by atoms with Gasteiger partial charge in [-0.1, -0.05) is 24.3 Å². The van der Waals surface area contributed by atoms with Gasteiger partial charge in [-0.15, -0.1) is 0 Å². The van der Waals surface area contributed by atoms with E-state index in [1.54, 1.807) is 16.8 Å². The number of aryl methyl sites for hydroxylation is 2. The number of anilines is 1. The number of carbonyl (C=O) groups excluding carboxylic acids is 2. The Labute approximate surface area is 169 Å². The number of ether oxygens (including phenoxy) is 1. The smallest absolute Gasteiger partial charge is 0.325 e. The second-order valence-corrected chi connectivity index (χ2v) is 6.73. The Morgan fingerprint density at radius 1 is 1.17 bits per heavy atom. The van der Waals surface area contributed by atoms with Crippen LogP contribution in [0.15, 0.2) is 54.2 Å². The van der Waals surface area contributed by atoms with Gasteiger partial charge in [0.25, 0.3) is 5.91 Å². The molecule has 0 bridgehead atoms. The summed E-state index contributed by atoms with van der Waals surface area (Å²) in [5.74, 6) is -0.866. The zero-order chi connectivity index (χ0) is 21.0. The number of para-hydroxylation sites is 1. The molecular formula is C23H21N3O3. The summed E-state index contributed by atoms with van der Waals surface area (Å²) in [6.45, 7) is 4.00. The molecule has 3 aromatic rings. The minimum atomic E-state index is -0.486. The van der Waals surface area contributed by atoms with Crippen LogP contribution in [0.2, 0.25) is 0 Å². The molecule has 1 amide bonds. The van der Waals surface area contributed by atoms with Gasteiger partial charge in [0.1, 0.15) is 18.2 Å². The first-order chi connectivity index (χ1) is 13.9. The molecule has 6 nitrogen and oxygen atoms in total. The molecule has 2 aromatic carbocycles. The van der Waals surface area contributed by atoms with E-state index in [9.17, 15) is 14.9 Å². The van der Waals surface area contributed by atoms with Crippen LogP contribution in [0.4, 0.5) is 5.69 Å². The first-order valence-corrected chi connectivity index (χ1v) is 9.08. The Morgan fingerprint density at radius 2 is 1.93 bits per heavy atom. The van der Waals surface area contributed by atoms with E-state index in [1.165, 1.54) is 13.2 Å². The zero-order valence-corrected chi connectivity index (χ0v) is 16.5. The molecule has 0 aliphatic carbocycles. The first kappa shape index (κ1) is 19.9. The van der Waals surface area contributed by atoms with E-state index in [0.717, 1.165) is 22.0 Å². The summed E-state index contributed by atoms with van der Waals surface area (Å²) in [6, 6.07) is 15.0. The highest BCUT2D eigenvalue weighted by Crippen LogP contribution is 2.24. The van der Waals surface area contributed by atoms with Crippen molar-refractivity contribution in [2.45, 2.75) is 20.4 Å². The fourth-order valence-electron chi connectivity index (χ4n) is 3.05. The highest BCUT2D eigenvalue weighted by molar-refractivity contribution is 6.10. The maximum absolute atomic E-state index is 12.6. The van der Waals surface area contributed by atoms with E-state index in [2.05, 4.69) is 5.32 Å². The summed E-state index contributed by atoms with van der Waals surface area (Å²) in [7, 11) is 1.33. The van der Waals surface area contributed by atoms with Crippen LogP contribution >= 0.6 is 0 Å². The van der Waals surface area contributed by atoms with Crippen LogP contribution in [0.1, 0.15) is 16.7 Å². The number of esters is 1. The summed E-state index contributed by atoms with van der Waals surface area (Å²) < 4.78 is 6.48. The first-order valence-electron chi connectivity index (χ1n) is 9.08. The fraction of sp³-hybridized carbons (Fsp3) is 0.174. The Morgan fingerprint density at radius 3 is 2.62 bits per heavy atom. The van der Waals surface area contributed by atoms with Crippen LogP contribution in [-0.2, 0) is 20.9 Å². The number of amides is 1. The average molecular weight is 387 g/mol. The number of methoxy groups -OCH3 is 1. The van der Waals surface area contributed by atoms with Gasteiger partial charge in [0.05, 0.1) is 7.11 Å². The van der Waals surface area contributed by atoms with Crippen LogP contribution in [0.3, 0.4) is 0 Å². The van der Waals surface area contributed by atoms with Gasteiger partial charge in [-0.05, 0) is 49.2 Å². The molecule has 0 spiro atoms. The molecule has 0 saturated heterocycles. The Balaban J connectivity index is 1.95.